The molecule has 3 N–H and O–H groups in total. The Bertz CT molecular complexity index is 754. The maximum atomic E-state index is 12.2. The van der Waals surface area contributed by atoms with Crippen LogP contribution in [0, 0.1) is 4.77 Å². The minimum absolute atomic E-state index is 0.0125. The molecule has 1 heterocycles. The second kappa shape index (κ2) is 8.38. The maximum Gasteiger partial charge on any atom is 0.273 e. The van der Waals surface area contributed by atoms with Gasteiger partial charge < -0.3 is 5.32 Å². The summed E-state index contributed by atoms with van der Waals surface area (Å²) in [6.07, 6.45) is 2.30. The molecule has 0 spiro atoms. The van der Waals surface area contributed by atoms with Crippen molar-refractivity contribution in [2.45, 2.75) is 38.6 Å². The van der Waals surface area contributed by atoms with Crippen molar-refractivity contribution >= 4 is 18.1 Å². The van der Waals surface area contributed by atoms with Gasteiger partial charge in [-0.2, -0.15) is 5.10 Å². The van der Waals surface area contributed by atoms with Gasteiger partial charge in [0.2, 0.25) is 5.91 Å². The van der Waals surface area contributed by atoms with Gasteiger partial charge in [-0.25, -0.2) is 0 Å². The van der Waals surface area contributed by atoms with Crippen LogP contribution < -0.4 is 10.9 Å². The molecule has 0 aliphatic heterocycles. The number of rotatable bonds is 7. The van der Waals surface area contributed by atoms with Crippen LogP contribution in [0.5, 0.6) is 0 Å². The van der Waals surface area contributed by atoms with Crippen molar-refractivity contribution in [2.75, 3.05) is 0 Å². The predicted octanol–water partition coefficient (Wildman–Crippen LogP) is 2.42. The predicted molar refractivity (Wildman–Crippen MR) is 90.6 cm³/mol. The highest BCUT2D eigenvalue weighted by atomic mass is 32.1. The second-order valence-electron chi connectivity index (χ2n) is 5.27. The third kappa shape index (κ3) is 5.14. The zero-order valence-electron chi connectivity index (χ0n) is 13.0. The molecule has 0 fully saturated rings. The fourth-order valence-electron chi connectivity index (χ4n) is 2.34. The van der Waals surface area contributed by atoms with Crippen molar-refractivity contribution < 1.29 is 4.79 Å². The molecule has 0 aliphatic rings. The molecule has 2 aromatic rings. The number of benzene rings is 1. The van der Waals surface area contributed by atoms with Crippen LogP contribution >= 0.6 is 12.2 Å². The number of carbonyl (C=O) groups excluding carboxylic acids is 1. The second-order valence-corrected chi connectivity index (χ2v) is 5.68. The Morgan fingerprint density at radius 3 is 2.74 bits per heavy atom. The van der Waals surface area contributed by atoms with Crippen molar-refractivity contribution in [3.05, 3.63) is 56.7 Å². The number of carbonyl (C=O) groups is 1. The van der Waals surface area contributed by atoms with Crippen LogP contribution in [-0.2, 0) is 11.2 Å². The van der Waals surface area contributed by atoms with Crippen molar-refractivity contribution in [3.63, 3.8) is 0 Å². The molecule has 122 valence electrons. The SMILES string of the molecule is CCC[C@H](NC(=O)CCc1n[nH]c(=S)[nH]c1=O)c1ccccc1. The van der Waals surface area contributed by atoms with E-state index in [0.717, 1.165) is 18.4 Å². The van der Waals surface area contributed by atoms with Gasteiger partial charge in [-0.1, -0.05) is 43.7 Å². The summed E-state index contributed by atoms with van der Waals surface area (Å²) < 4.78 is 0.176. The lowest BCUT2D eigenvalue weighted by Crippen LogP contribution is -2.29. The number of hydrogen-bond acceptors (Lipinski definition) is 4. The summed E-state index contributed by atoms with van der Waals surface area (Å²) in [5.74, 6) is -0.101. The molecule has 6 nitrogen and oxygen atoms in total. The van der Waals surface area contributed by atoms with Crippen molar-refractivity contribution in [1.29, 1.82) is 0 Å². The molecular formula is C16H20N4O2S. The van der Waals surface area contributed by atoms with Crippen LogP contribution in [0.1, 0.15) is 43.5 Å². The minimum Gasteiger partial charge on any atom is -0.349 e. The molecule has 0 bridgehead atoms. The number of nitrogens with zero attached hydrogens (tertiary/aromatic N) is 1. The molecule has 1 aromatic carbocycles. The van der Waals surface area contributed by atoms with Crippen LogP contribution in [0.4, 0.5) is 0 Å². The van der Waals surface area contributed by atoms with Crippen molar-refractivity contribution in [2.24, 2.45) is 0 Å². The highest BCUT2D eigenvalue weighted by Gasteiger charge is 2.14. The van der Waals surface area contributed by atoms with Crippen LogP contribution in [0.15, 0.2) is 35.1 Å². The summed E-state index contributed by atoms with van der Waals surface area (Å²) in [5, 5.41) is 9.42. The van der Waals surface area contributed by atoms with E-state index in [1.807, 2.05) is 30.3 Å². The Morgan fingerprint density at radius 2 is 2.09 bits per heavy atom. The third-order valence-corrected chi connectivity index (χ3v) is 3.68. The van der Waals surface area contributed by atoms with E-state index in [4.69, 9.17) is 12.2 Å². The molecule has 23 heavy (non-hydrogen) atoms. The molecule has 0 radical (unpaired) electrons. The standard InChI is InChI=1S/C16H20N4O2S/c1-2-6-12(11-7-4-3-5-8-11)17-14(21)10-9-13-15(22)18-16(23)20-19-13/h3-5,7-8,12H,2,6,9-10H2,1H3,(H,17,21)(H2,18,20,22,23)/t12-/m0/s1. The first-order valence-corrected chi connectivity index (χ1v) is 8.03. The third-order valence-electron chi connectivity index (χ3n) is 3.48. The number of aromatic amines is 2. The van der Waals surface area contributed by atoms with Crippen LogP contribution in [0.2, 0.25) is 0 Å². The van der Waals surface area contributed by atoms with E-state index in [1.165, 1.54) is 0 Å². The van der Waals surface area contributed by atoms with Gasteiger partial charge in [0.15, 0.2) is 4.77 Å². The average molecular weight is 332 g/mol. The molecular weight excluding hydrogens is 312 g/mol. The molecule has 2 rings (SSSR count). The molecule has 1 atom stereocenters. The van der Waals surface area contributed by atoms with E-state index >= 15 is 0 Å². The Hall–Kier alpha value is -2.28. The normalized spacial score (nSPS) is 11.9. The highest BCUT2D eigenvalue weighted by Crippen LogP contribution is 2.18. The Morgan fingerprint density at radius 1 is 1.35 bits per heavy atom. The zero-order valence-corrected chi connectivity index (χ0v) is 13.8. The van der Waals surface area contributed by atoms with E-state index < -0.39 is 0 Å². The number of nitrogens with one attached hydrogen (secondary N) is 3. The quantitative estimate of drug-likeness (QED) is 0.679. The van der Waals surface area contributed by atoms with Gasteiger partial charge in [-0.05, 0) is 24.2 Å². The van der Waals surface area contributed by atoms with Gasteiger partial charge in [0.05, 0.1) is 6.04 Å². The number of aryl methyl sites for hydroxylation is 1. The van der Waals surface area contributed by atoms with E-state index in [2.05, 4.69) is 27.4 Å². The molecule has 0 saturated carbocycles. The monoisotopic (exact) mass is 332 g/mol. The summed E-state index contributed by atoms with van der Waals surface area (Å²) >= 11 is 4.78. The lowest BCUT2D eigenvalue weighted by atomic mass is 10.0. The Balaban J connectivity index is 1.97. The van der Waals surface area contributed by atoms with E-state index in [1.54, 1.807) is 0 Å². The average Bonchev–Trinajstić information content (AvgIpc) is 2.54. The summed E-state index contributed by atoms with van der Waals surface area (Å²) in [6, 6.07) is 9.86. The van der Waals surface area contributed by atoms with Crippen molar-refractivity contribution in [3.8, 4) is 0 Å². The number of hydrogen-bond donors (Lipinski definition) is 3. The fourth-order valence-corrected chi connectivity index (χ4v) is 2.47. The molecule has 0 aliphatic carbocycles. The molecule has 0 unspecified atom stereocenters. The Kier molecular flexibility index (Phi) is 6.22. The van der Waals surface area contributed by atoms with Gasteiger partial charge in [0.1, 0.15) is 5.69 Å². The van der Waals surface area contributed by atoms with Gasteiger partial charge in [-0.15, -0.1) is 0 Å². The summed E-state index contributed by atoms with van der Waals surface area (Å²) in [7, 11) is 0. The smallest absolute Gasteiger partial charge is 0.273 e. The molecule has 0 saturated heterocycles. The van der Waals surface area contributed by atoms with Gasteiger partial charge in [0, 0.05) is 12.8 Å². The highest BCUT2D eigenvalue weighted by molar-refractivity contribution is 7.71. The van der Waals surface area contributed by atoms with Gasteiger partial charge in [0.25, 0.3) is 5.56 Å². The largest absolute Gasteiger partial charge is 0.349 e. The van der Waals surface area contributed by atoms with E-state index in [-0.39, 0.29) is 40.8 Å². The lowest BCUT2D eigenvalue weighted by molar-refractivity contribution is -0.121. The molecule has 1 amide bonds. The first-order valence-electron chi connectivity index (χ1n) is 7.62. The topological polar surface area (TPSA) is 90.6 Å². The number of H-pyrrole nitrogens is 2. The maximum absolute atomic E-state index is 12.2. The summed E-state index contributed by atoms with van der Waals surface area (Å²) in [5.41, 5.74) is 1.01. The summed E-state index contributed by atoms with van der Waals surface area (Å²) in [4.78, 5) is 26.3. The van der Waals surface area contributed by atoms with Crippen LogP contribution in [0.25, 0.3) is 0 Å². The van der Waals surface area contributed by atoms with Crippen molar-refractivity contribution in [1.82, 2.24) is 20.5 Å². The van der Waals surface area contributed by atoms with Crippen LogP contribution in [-0.4, -0.2) is 21.1 Å². The first-order chi connectivity index (χ1) is 11.1. The van der Waals surface area contributed by atoms with Gasteiger partial charge >= 0.3 is 0 Å². The first kappa shape index (κ1) is 17.1. The lowest BCUT2D eigenvalue weighted by Gasteiger charge is -2.18. The van der Waals surface area contributed by atoms with E-state index in [9.17, 15) is 9.59 Å². The van der Waals surface area contributed by atoms with E-state index in [0.29, 0.717) is 0 Å². The molecule has 1 aromatic heterocycles. The van der Waals surface area contributed by atoms with Crippen LogP contribution in [0.3, 0.4) is 0 Å². The molecule has 7 heteroatoms. The fraction of sp³-hybridized carbons (Fsp3) is 0.375. The zero-order chi connectivity index (χ0) is 16.7. The minimum atomic E-state index is -0.352. The Labute approximate surface area is 139 Å². The summed E-state index contributed by atoms with van der Waals surface area (Å²) in [6.45, 7) is 2.08. The van der Waals surface area contributed by atoms with Gasteiger partial charge in [-0.3, -0.25) is 19.7 Å². The number of aromatic nitrogens is 3. The number of amides is 1.